The van der Waals surface area contributed by atoms with Gasteiger partial charge in [0.15, 0.2) is 6.10 Å². The molecular formula is C23H31NO3. The molecule has 0 aliphatic rings. The molecule has 0 bridgehead atoms. The van der Waals surface area contributed by atoms with Gasteiger partial charge in [0, 0.05) is 0 Å². The zero-order chi connectivity index (χ0) is 20.1. The second-order valence-corrected chi connectivity index (χ2v) is 7.41. The average molecular weight is 370 g/mol. The van der Waals surface area contributed by atoms with Crippen molar-refractivity contribution in [2.45, 2.75) is 59.6 Å². The molecule has 146 valence electrons. The highest BCUT2D eigenvalue weighted by molar-refractivity contribution is 5.81. The molecule has 4 nitrogen and oxygen atoms in total. The fourth-order valence-corrected chi connectivity index (χ4v) is 3.17. The largest absolute Gasteiger partial charge is 0.496 e. The third-order valence-corrected chi connectivity index (χ3v) is 4.74. The minimum absolute atomic E-state index is 0.121. The van der Waals surface area contributed by atoms with Crippen LogP contribution in [0, 0.1) is 13.8 Å². The van der Waals surface area contributed by atoms with Crippen molar-refractivity contribution in [1.29, 1.82) is 0 Å². The standard InChI is InChI=1S/C23H31NO3/c1-14(2)20-13-21(16(4)12-22(20)26-7)17(5)24-23(25)18(6)27-19-10-8-9-15(3)11-19/h8-14,17-18H,1-7H3,(H,24,25)/t17-,18+/m1/s1. The number of carbonyl (C=O) groups excluding carboxylic acids is 1. The molecule has 2 aromatic carbocycles. The first-order valence-electron chi connectivity index (χ1n) is 9.45. The maximum absolute atomic E-state index is 12.6. The van der Waals surface area contributed by atoms with E-state index >= 15 is 0 Å². The molecular weight excluding hydrogens is 338 g/mol. The van der Waals surface area contributed by atoms with Crippen LogP contribution in [-0.2, 0) is 4.79 Å². The summed E-state index contributed by atoms with van der Waals surface area (Å²) in [7, 11) is 1.69. The molecule has 1 amide bonds. The highest BCUT2D eigenvalue weighted by Gasteiger charge is 2.20. The number of carbonyl (C=O) groups is 1. The van der Waals surface area contributed by atoms with Crippen LogP contribution in [-0.4, -0.2) is 19.1 Å². The van der Waals surface area contributed by atoms with Gasteiger partial charge in [-0.15, -0.1) is 0 Å². The van der Waals surface area contributed by atoms with E-state index in [1.54, 1.807) is 14.0 Å². The van der Waals surface area contributed by atoms with Crippen molar-refractivity contribution in [3.8, 4) is 11.5 Å². The molecule has 2 atom stereocenters. The lowest BCUT2D eigenvalue weighted by Crippen LogP contribution is -2.38. The molecule has 27 heavy (non-hydrogen) atoms. The molecule has 0 saturated carbocycles. The zero-order valence-electron chi connectivity index (χ0n) is 17.4. The van der Waals surface area contributed by atoms with Gasteiger partial charge in [0.05, 0.1) is 13.2 Å². The number of hydrogen-bond donors (Lipinski definition) is 1. The summed E-state index contributed by atoms with van der Waals surface area (Å²) in [6.45, 7) is 12.1. The van der Waals surface area contributed by atoms with E-state index in [2.05, 4.69) is 25.2 Å². The SMILES string of the molecule is COc1cc(C)c([C@@H](C)NC(=O)[C@H](C)Oc2cccc(C)c2)cc1C(C)C. The van der Waals surface area contributed by atoms with Gasteiger partial charge >= 0.3 is 0 Å². The Balaban J connectivity index is 2.12. The Hall–Kier alpha value is -2.49. The van der Waals surface area contributed by atoms with Gasteiger partial charge in [0.1, 0.15) is 11.5 Å². The van der Waals surface area contributed by atoms with E-state index in [0.29, 0.717) is 11.7 Å². The van der Waals surface area contributed by atoms with Crippen molar-refractivity contribution in [2.75, 3.05) is 7.11 Å². The van der Waals surface area contributed by atoms with Crippen LogP contribution in [0.25, 0.3) is 0 Å². The topological polar surface area (TPSA) is 47.6 Å². The maximum Gasteiger partial charge on any atom is 0.261 e. The van der Waals surface area contributed by atoms with Gasteiger partial charge in [0.2, 0.25) is 0 Å². The minimum Gasteiger partial charge on any atom is -0.496 e. The molecule has 1 N–H and O–H groups in total. The summed E-state index contributed by atoms with van der Waals surface area (Å²) in [6.07, 6.45) is -0.572. The zero-order valence-corrected chi connectivity index (χ0v) is 17.4. The molecule has 0 fully saturated rings. The van der Waals surface area contributed by atoms with E-state index in [4.69, 9.17) is 9.47 Å². The molecule has 2 rings (SSSR count). The number of rotatable bonds is 7. The first kappa shape index (κ1) is 20.8. The maximum atomic E-state index is 12.6. The van der Waals surface area contributed by atoms with E-state index in [-0.39, 0.29) is 11.9 Å². The second kappa shape index (κ2) is 8.94. The summed E-state index contributed by atoms with van der Waals surface area (Å²) in [5.41, 5.74) is 4.43. The summed E-state index contributed by atoms with van der Waals surface area (Å²) in [5, 5.41) is 3.07. The molecule has 0 unspecified atom stereocenters. The minimum atomic E-state index is -0.572. The Morgan fingerprint density at radius 2 is 1.70 bits per heavy atom. The fraction of sp³-hybridized carbons (Fsp3) is 0.435. The molecule has 0 aliphatic carbocycles. The molecule has 2 aromatic rings. The third kappa shape index (κ3) is 5.25. The summed E-state index contributed by atoms with van der Waals surface area (Å²) in [4.78, 5) is 12.6. The highest BCUT2D eigenvalue weighted by atomic mass is 16.5. The summed E-state index contributed by atoms with van der Waals surface area (Å²) >= 11 is 0. The number of hydrogen-bond acceptors (Lipinski definition) is 3. The van der Waals surface area contributed by atoms with Crippen LogP contribution in [0.2, 0.25) is 0 Å². The van der Waals surface area contributed by atoms with Crippen molar-refractivity contribution in [2.24, 2.45) is 0 Å². The third-order valence-electron chi connectivity index (χ3n) is 4.74. The lowest BCUT2D eigenvalue weighted by molar-refractivity contribution is -0.127. The van der Waals surface area contributed by atoms with Crippen molar-refractivity contribution in [3.63, 3.8) is 0 Å². The average Bonchev–Trinajstić information content (AvgIpc) is 2.60. The van der Waals surface area contributed by atoms with Crippen LogP contribution in [0.15, 0.2) is 36.4 Å². The lowest BCUT2D eigenvalue weighted by Gasteiger charge is -2.23. The molecule has 0 radical (unpaired) electrons. The predicted molar refractivity (Wildman–Crippen MR) is 110 cm³/mol. The van der Waals surface area contributed by atoms with Crippen molar-refractivity contribution in [3.05, 3.63) is 58.7 Å². The van der Waals surface area contributed by atoms with Crippen LogP contribution in [0.5, 0.6) is 11.5 Å². The van der Waals surface area contributed by atoms with Crippen LogP contribution in [0.1, 0.15) is 61.9 Å². The van der Waals surface area contributed by atoms with Crippen LogP contribution in [0.4, 0.5) is 0 Å². The monoisotopic (exact) mass is 369 g/mol. The normalized spacial score (nSPS) is 13.2. The molecule has 0 aromatic heterocycles. The number of nitrogens with one attached hydrogen (secondary N) is 1. The van der Waals surface area contributed by atoms with E-state index < -0.39 is 6.10 Å². The smallest absolute Gasteiger partial charge is 0.261 e. The second-order valence-electron chi connectivity index (χ2n) is 7.41. The van der Waals surface area contributed by atoms with E-state index in [0.717, 1.165) is 28.0 Å². The number of amides is 1. The predicted octanol–water partition coefficient (Wildman–Crippen LogP) is 5.08. The molecule has 0 heterocycles. The molecule has 0 saturated heterocycles. The van der Waals surface area contributed by atoms with Gasteiger partial charge in [-0.3, -0.25) is 4.79 Å². The number of aryl methyl sites for hydroxylation is 2. The molecule has 4 heteroatoms. The Morgan fingerprint density at radius 3 is 2.30 bits per heavy atom. The van der Waals surface area contributed by atoms with Crippen molar-refractivity contribution < 1.29 is 14.3 Å². The first-order valence-corrected chi connectivity index (χ1v) is 9.45. The first-order chi connectivity index (χ1) is 12.7. The van der Waals surface area contributed by atoms with Gasteiger partial charge < -0.3 is 14.8 Å². The fourth-order valence-electron chi connectivity index (χ4n) is 3.17. The van der Waals surface area contributed by atoms with Gasteiger partial charge in [-0.05, 0) is 80.1 Å². The van der Waals surface area contributed by atoms with Gasteiger partial charge in [-0.1, -0.05) is 26.0 Å². The Morgan fingerprint density at radius 1 is 1.00 bits per heavy atom. The van der Waals surface area contributed by atoms with Crippen LogP contribution >= 0.6 is 0 Å². The van der Waals surface area contributed by atoms with Crippen LogP contribution in [0.3, 0.4) is 0 Å². The van der Waals surface area contributed by atoms with E-state index in [9.17, 15) is 4.79 Å². The quantitative estimate of drug-likeness (QED) is 0.740. The Kier molecular flexibility index (Phi) is 6.89. The Bertz CT molecular complexity index is 798. The van der Waals surface area contributed by atoms with Crippen molar-refractivity contribution >= 4 is 5.91 Å². The lowest BCUT2D eigenvalue weighted by atomic mass is 9.93. The molecule has 0 spiro atoms. The van der Waals surface area contributed by atoms with Gasteiger partial charge in [-0.2, -0.15) is 0 Å². The summed E-state index contributed by atoms with van der Waals surface area (Å²) < 4.78 is 11.3. The van der Waals surface area contributed by atoms with E-state index in [1.807, 2.05) is 51.1 Å². The van der Waals surface area contributed by atoms with Crippen molar-refractivity contribution in [1.82, 2.24) is 5.32 Å². The van der Waals surface area contributed by atoms with E-state index in [1.165, 1.54) is 0 Å². The molecule has 0 aliphatic heterocycles. The number of ether oxygens (including phenoxy) is 2. The van der Waals surface area contributed by atoms with Gasteiger partial charge in [0.25, 0.3) is 5.91 Å². The van der Waals surface area contributed by atoms with Crippen LogP contribution < -0.4 is 14.8 Å². The highest BCUT2D eigenvalue weighted by Crippen LogP contribution is 2.32. The Labute approximate surface area is 162 Å². The summed E-state index contributed by atoms with van der Waals surface area (Å²) in [5.74, 6) is 1.80. The summed E-state index contributed by atoms with van der Waals surface area (Å²) in [6, 6.07) is 11.8. The number of benzene rings is 2. The number of methoxy groups -OCH3 is 1. The van der Waals surface area contributed by atoms with Gasteiger partial charge in [-0.25, -0.2) is 0 Å².